The Morgan fingerprint density at radius 2 is 1.49 bits per heavy atom. The Balaban J connectivity index is 2.06. The van der Waals surface area contributed by atoms with Gasteiger partial charge in [0.2, 0.25) is 11.8 Å². The molecule has 0 spiro atoms. The van der Waals surface area contributed by atoms with Crippen molar-refractivity contribution in [2.24, 2.45) is 0 Å². The summed E-state index contributed by atoms with van der Waals surface area (Å²) >= 11 is 6.37. The van der Waals surface area contributed by atoms with E-state index in [0.717, 1.165) is 15.4 Å². The van der Waals surface area contributed by atoms with Gasteiger partial charge in [-0.2, -0.15) is 0 Å². The van der Waals surface area contributed by atoms with Crippen LogP contribution in [0.2, 0.25) is 5.02 Å². The molecule has 0 aliphatic carbocycles. The van der Waals surface area contributed by atoms with E-state index in [-0.39, 0.29) is 17.3 Å². The first-order valence-corrected chi connectivity index (χ1v) is 13.8. The van der Waals surface area contributed by atoms with Crippen LogP contribution in [0.4, 0.5) is 5.69 Å². The van der Waals surface area contributed by atoms with Crippen LogP contribution in [0.25, 0.3) is 0 Å². The highest BCUT2D eigenvalue weighted by Crippen LogP contribution is 2.26. The van der Waals surface area contributed by atoms with E-state index in [1.165, 1.54) is 24.1 Å². The lowest BCUT2D eigenvalue weighted by Gasteiger charge is -2.33. The van der Waals surface area contributed by atoms with E-state index in [0.29, 0.717) is 22.7 Å². The van der Waals surface area contributed by atoms with Crippen molar-refractivity contribution >= 4 is 39.1 Å². The van der Waals surface area contributed by atoms with Crippen molar-refractivity contribution in [3.05, 3.63) is 94.5 Å². The summed E-state index contributed by atoms with van der Waals surface area (Å²) in [7, 11) is -2.59. The topological polar surface area (TPSA) is 86.8 Å². The van der Waals surface area contributed by atoms with Crippen molar-refractivity contribution < 1.29 is 18.0 Å². The number of carbonyl (C=O) groups is 2. The normalized spacial score (nSPS) is 12.0. The number of halogens is 1. The Kier molecular flexibility index (Phi) is 9.34. The quantitative estimate of drug-likeness (QED) is 0.403. The second-order valence-electron chi connectivity index (χ2n) is 8.81. The molecule has 0 bridgehead atoms. The molecule has 1 atom stereocenters. The number of carbonyl (C=O) groups excluding carboxylic acids is 2. The maximum atomic E-state index is 13.9. The van der Waals surface area contributed by atoms with Crippen LogP contribution in [0.5, 0.6) is 0 Å². The fourth-order valence-electron chi connectivity index (χ4n) is 3.97. The molecule has 0 radical (unpaired) electrons. The first-order valence-electron chi connectivity index (χ1n) is 12.0. The molecule has 0 fully saturated rings. The highest BCUT2D eigenvalue weighted by molar-refractivity contribution is 7.92. The first kappa shape index (κ1) is 28.2. The lowest BCUT2D eigenvalue weighted by molar-refractivity contribution is -0.140. The minimum absolute atomic E-state index is 0.0523. The van der Waals surface area contributed by atoms with Crippen molar-refractivity contribution in [3.8, 4) is 0 Å². The van der Waals surface area contributed by atoms with Gasteiger partial charge in [0.15, 0.2) is 0 Å². The van der Waals surface area contributed by atoms with Crippen LogP contribution in [0.3, 0.4) is 0 Å². The Hall–Kier alpha value is -3.36. The fraction of sp³-hybridized carbons (Fsp3) is 0.286. The highest BCUT2D eigenvalue weighted by Gasteiger charge is 2.33. The van der Waals surface area contributed by atoms with Gasteiger partial charge in [-0.25, -0.2) is 8.42 Å². The molecule has 0 aromatic heterocycles. The second-order valence-corrected chi connectivity index (χ2v) is 11.1. The standard InChI is InChI=1S/C28H32ClN3O4S/c1-5-26(28(34)30-4)31(18-22-8-6-7-9-25(22)29)27(33)19-32(23-14-10-20(2)11-15-23)37(35,36)24-16-12-21(3)13-17-24/h6-17,26H,5,18-19H2,1-4H3,(H,30,34)/t26-/m0/s1. The summed E-state index contributed by atoms with van der Waals surface area (Å²) < 4.78 is 28.7. The molecule has 37 heavy (non-hydrogen) atoms. The van der Waals surface area contributed by atoms with E-state index in [2.05, 4.69) is 5.32 Å². The van der Waals surface area contributed by atoms with Crippen molar-refractivity contribution in [2.45, 2.75) is 44.7 Å². The molecule has 7 nitrogen and oxygen atoms in total. The van der Waals surface area contributed by atoms with Crippen molar-refractivity contribution in [2.75, 3.05) is 17.9 Å². The molecule has 0 unspecified atom stereocenters. The van der Waals surface area contributed by atoms with Crippen LogP contribution in [-0.2, 0) is 26.2 Å². The van der Waals surface area contributed by atoms with Gasteiger partial charge < -0.3 is 10.2 Å². The lowest BCUT2D eigenvalue weighted by atomic mass is 10.1. The minimum atomic E-state index is -4.09. The van der Waals surface area contributed by atoms with Crippen LogP contribution in [0.1, 0.15) is 30.0 Å². The van der Waals surface area contributed by atoms with Gasteiger partial charge in [0, 0.05) is 18.6 Å². The van der Waals surface area contributed by atoms with Crippen molar-refractivity contribution in [3.63, 3.8) is 0 Å². The van der Waals surface area contributed by atoms with Crippen LogP contribution in [0.15, 0.2) is 77.7 Å². The van der Waals surface area contributed by atoms with E-state index >= 15 is 0 Å². The van der Waals surface area contributed by atoms with Gasteiger partial charge in [0.05, 0.1) is 10.6 Å². The molecule has 0 aliphatic rings. The predicted molar refractivity (Wildman–Crippen MR) is 147 cm³/mol. The maximum Gasteiger partial charge on any atom is 0.264 e. The van der Waals surface area contributed by atoms with E-state index in [4.69, 9.17) is 11.6 Å². The molecule has 0 saturated carbocycles. The van der Waals surface area contributed by atoms with Crippen molar-refractivity contribution in [1.29, 1.82) is 0 Å². The largest absolute Gasteiger partial charge is 0.357 e. The van der Waals surface area contributed by atoms with Crippen LogP contribution in [-0.4, -0.2) is 44.8 Å². The number of likely N-dealkylation sites (N-methyl/N-ethyl adjacent to an activating group) is 1. The number of rotatable bonds is 10. The average molecular weight is 542 g/mol. The Labute approximate surface area is 224 Å². The van der Waals surface area contributed by atoms with Crippen molar-refractivity contribution in [1.82, 2.24) is 10.2 Å². The number of nitrogens with one attached hydrogen (secondary N) is 1. The summed E-state index contributed by atoms with van der Waals surface area (Å²) in [5.74, 6) is -0.863. The molecule has 3 rings (SSSR count). The minimum Gasteiger partial charge on any atom is -0.357 e. The summed E-state index contributed by atoms with van der Waals surface area (Å²) in [4.78, 5) is 28.1. The summed E-state index contributed by atoms with van der Waals surface area (Å²) in [5.41, 5.74) is 2.88. The van der Waals surface area contributed by atoms with Gasteiger partial charge in [0.25, 0.3) is 10.0 Å². The zero-order valence-corrected chi connectivity index (χ0v) is 23.0. The van der Waals surface area contributed by atoms with E-state index in [1.54, 1.807) is 67.6 Å². The summed E-state index contributed by atoms with van der Waals surface area (Å²) in [6, 6.07) is 19.6. The zero-order valence-electron chi connectivity index (χ0n) is 21.4. The number of nitrogens with zero attached hydrogens (tertiary/aromatic N) is 2. The molecule has 3 aromatic carbocycles. The molecular weight excluding hydrogens is 510 g/mol. The maximum absolute atomic E-state index is 13.9. The molecule has 1 N–H and O–H groups in total. The number of hydrogen-bond acceptors (Lipinski definition) is 4. The Morgan fingerprint density at radius 1 is 0.919 bits per heavy atom. The van der Waals surface area contributed by atoms with Gasteiger partial charge >= 0.3 is 0 Å². The number of benzene rings is 3. The smallest absolute Gasteiger partial charge is 0.264 e. The van der Waals surface area contributed by atoms with E-state index in [1.807, 2.05) is 13.8 Å². The number of anilines is 1. The summed E-state index contributed by atoms with van der Waals surface area (Å²) in [6.45, 7) is 5.13. The van der Waals surface area contributed by atoms with Crippen LogP contribution in [0, 0.1) is 13.8 Å². The molecule has 9 heteroatoms. The molecule has 0 heterocycles. The second kappa shape index (κ2) is 12.3. The average Bonchev–Trinajstić information content (AvgIpc) is 2.88. The Bertz CT molecular complexity index is 1340. The number of sulfonamides is 1. The molecule has 3 aromatic rings. The number of hydrogen-bond donors (Lipinski definition) is 1. The van der Waals surface area contributed by atoms with Crippen LogP contribution < -0.4 is 9.62 Å². The SMILES string of the molecule is CC[C@@H](C(=O)NC)N(Cc1ccccc1Cl)C(=O)CN(c1ccc(C)cc1)S(=O)(=O)c1ccc(C)cc1. The van der Waals surface area contributed by atoms with Gasteiger partial charge in [-0.15, -0.1) is 0 Å². The van der Waals surface area contributed by atoms with Gasteiger partial charge in [0.1, 0.15) is 12.6 Å². The zero-order chi connectivity index (χ0) is 27.2. The number of aryl methyl sites for hydroxylation is 2. The van der Waals surface area contributed by atoms with E-state index in [9.17, 15) is 18.0 Å². The summed E-state index contributed by atoms with van der Waals surface area (Å²) in [5, 5.41) is 3.06. The fourth-order valence-corrected chi connectivity index (χ4v) is 5.58. The molecule has 0 aliphatic heterocycles. The van der Waals surface area contributed by atoms with Gasteiger partial charge in [-0.05, 0) is 56.2 Å². The third-order valence-corrected chi connectivity index (χ3v) is 8.30. The third kappa shape index (κ3) is 6.70. The predicted octanol–water partition coefficient (Wildman–Crippen LogP) is 4.71. The molecule has 2 amide bonds. The van der Waals surface area contributed by atoms with Gasteiger partial charge in [-0.3, -0.25) is 13.9 Å². The Morgan fingerprint density at radius 3 is 2.03 bits per heavy atom. The highest BCUT2D eigenvalue weighted by atomic mass is 35.5. The van der Waals surface area contributed by atoms with E-state index < -0.39 is 28.5 Å². The monoisotopic (exact) mass is 541 g/mol. The molecular formula is C28H32ClN3O4S. The first-order chi connectivity index (χ1) is 17.6. The van der Waals surface area contributed by atoms with Crippen LogP contribution >= 0.6 is 11.6 Å². The summed E-state index contributed by atoms with van der Waals surface area (Å²) in [6.07, 6.45) is 0.338. The van der Waals surface area contributed by atoms with Gasteiger partial charge in [-0.1, -0.05) is 72.1 Å². The molecule has 0 saturated heterocycles. The third-order valence-electron chi connectivity index (χ3n) is 6.14. The number of amides is 2. The molecule has 196 valence electrons. The lowest BCUT2D eigenvalue weighted by Crippen LogP contribution is -2.51.